The number of aryl methyl sites for hydroxylation is 1. The summed E-state index contributed by atoms with van der Waals surface area (Å²) in [6.07, 6.45) is 3.08. The lowest BCUT2D eigenvalue weighted by Crippen LogP contribution is -2.11. The molecule has 1 aromatic carbocycles. The number of carbonyl (C=O) groups excluding carboxylic acids is 1. The molecule has 3 aromatic rings. The van der Waals surface area contributed by atoms with E-state index in [-0.39, 0.29) is 12.6 Å². The van der Waals surface area contributed by atoms with Crippen LogP contribution in [-0.4, -0.2) is 27.4 Å². The summed E-state index contributed by atoms with van der Waals surface area (Å²) in [5, 5.41) is 7.66. The molecule has 0 fully saturated rings. The van der Waals surface area contributed by atoms with Crippen LogP contribution in [-0.2, 0) is 11.2 Å². The minimum absolute atomic E-state index is 0.0592. The predicted octanol–water partition coefficient (Wildman–Crippen LogP) is 4.00. The number of nitrogens with one attached hydrogen (secondary N) is 1. The first-order valence-electron chi connectivity index (χ1n) is 8.65. The first-order chi connectivity index (χ1) is 12.6. The van der Waals surface area contributed by atoms with Gasteiger partial charge in [0.2, 0.25) is 0 Å². The van der Waals surface area contributed by atoms with E-state index in [0.717, 1.165) is 16.6 Å². The molecule has 136 valence electrons. The van der Waals surface area contributed by atoms with Gasteiger partial charge < -0.3 is 14.8 Å². The van der Waals surface area contributed by atoms with Crippen LogP contribution >= 0.6 is 0 Å². The van der Waals surface area contributed by atoms with Crippen molar-refractivity contribution >= 4 is 17.5 Å². The van der Waals surface area contributed by atoms with Gasteiger partial charge in [0.15, 0.2) is 11.6 Å². The Morgan fingerprint density at radius 3 is 2.73 bits per heavy atom. The number of anilines is 1. The lowest BCUT2D eigenvalue weighted by Gasteiger charge is -2.16. The van der Waals surface area contributed by atoms with Crippen molar-refractivity contribution in [1.29, 1.82) is 0 Å². The van der Waals surface area contributed by atoms with Crippen molar-refractivity contribution in [2.45, 2.75) is 33.2 Å². The highest BCUT2D eigenvalue weighted by Gasteiger charge is 2.19. The molecule has 3 rings (SSSR count). The van der Waals surface area contributed by atoms with Gasteiger partial charge >= 0.3 is 6.16 Å². The van der Waals surface area contributed by atoms with E-state index < -0.39 is 6.16 Å². The maximum Gasteiger partial charge on any atom is 0.513 e. The first-order valence-corrected chi connectivity index (χ1v) is 8.65. The van der Waals surface area contributed by atoms with Crippen LogP contribution in [0.15, 0.2) is 42.9 Å². The average molecular weight is 354 g/mol. The van der Waals surface area contributed by atoms with E-state index in [2.05, 4.69) is 34.5 Å². The maximum absolute atomic E-state index is 11.7. The summed E-state index contributed by atoms with van der Waals surface area (Å²) >= 11 is 0. The van der Waals surface area contributed by atoms with E-state index in [1.165, 1.54) is 6.33 Å². The molecule has 0 aliphatic rings. The van der Waals surface area contributed by atoms with Gasteiger partial charge in [-0.3, -0.25) is 0 Å². The zero-order valence-electron chi connectivity index (χ0n) is 15.1. The Morgan fingerprint density at radius 1 is 1.27 bits per heavy atom. The van der Waals surface area contributed by atoms with Crippen molar-refractivity contribution in [1.82, 2.24) is 14.6 Å². The van der Waals surface area contributed by atoms with Crippen molar-refractivity contribution in [3.8, 4) is 5.75 Å². The zero-order chi connectivity index (χ0) is 18.5. The Morgan fingerprint density at radius 2 is 2.04 bits per heavy atom. The molecule has 1 atom stereocenters. The Labute approximate surface area is 152 Å². The van der Waals surface area contributed by atoms with Crippen molar-refractivity contribution in [3.63, 3.8) is 0 Å². The zero-order valence-corrected chi connectivity index (χ0v) is 15.1. The molecule has 0 saturated carbocycles. The molecule has 26 heavy (non-hydrogen) atoms. The van der Waals surface area contributed by atoms with Gasteiger partial charge in [-0.1, -0.05) is 37.3 Å². The lowest BCUT2D eigenvalue weighted by molar-refractivity contribution is 0.104. The fraction of sp³-hybridized carbons (Fsp3) is 0.316. The number of nitrogens with zero attached hydrogens (tertiary/aromatic N) is 3. The fourth-order valence-corrected chi connectivity index (χ4v) is 2.85. The molecule has 2 heterocycles. The summed E-state index contributed by atoms with van der Waals surface area (Å²) in [7, 11) is 0. The largest absolute Gasteiger partial charge is 0.513 e. The number of fused-ring (bicyclic) bond motifs is 1. The van der Waals surface area contributed by atoms with E-state index in [9.17, 15) is 4.79 Å². The second kappa shape index (κ2) is 7.86. The van der Waals surface area contributed by atoms with Gasteiger partial charge in [-0.2, -0.15) is 5.10 Å². The highest BCUT2D eigenvalue weighted by Crippen LogP contribution is 2.31. The minimum atomic E-state index is -0.724. The Bertz CT molecular complexity index is 892. The molecule has 7 heteroatoms. The highest BCUT2D eigenvalue weighted by molar-refractivity contribution is 5.77. The summed E-state index contributed by atoms with van der Waals surface area (Å²) in [4.78, 5) is 16.1. The van der Waals surface area contributed by atoms with Crippen molar-refractivity contribution in [3.05, 3.63) is 54.0 Å². The Hall–Kier alpha value is -3.09. The molecule has 7 nitrogen and oxygen atoms in total. The summed E-state index contributed by atoms with van der Waals surface area (Å²) < 4.78 is 11.9. The monoisotopic (exact) mass is 354 g/mol. The summed E-state index contributed by atoms with van der Waals surface area (Å²) in [5.41, 5.74) is 2.79. The minimum Gasteiger partial charge on any atom is -0.434 e. The topological polar surface area (TPSA) is 77.8 Å². The molecule has 0 radical (unpaired) electrons. The van der Waals surface area contributed by atoms with E-state index in [1.54, 1.807) is 17.6 Å². The van der Waals surface area contributed by atoms with Crippen LogP contribution in [0.2, 0.25) is 0 Å². The van der Waals surface area contributed by atoms with Gasteiger partial charge in [0.25, 0.3) is 0 Å². The van der Waals surface area contributed by atoms with Gasteiger partial charge in [-0.25, -0.2) is 14.3 Å². The quantitative estimate of drug-likeness (QED) is 0.674. The normalized spacial score (nSPS) is 12.0. The third-order valence-electron chi connectivity index (χ3n) is 4.10. The SMILES string of the molecule is CCOC(=O)Oc1cn2ncnc(N[C@@H](C)c3ccccc3)c2c1CC. The molecule has 0 amide bonds. The highest BCUT2D eigenvalue weighted by atomic mass is 16.7. The number of hydrogen-bond acceptors (Lipinski definition) is 6. The summed E-state index contributed by atoms with van der Waals surface area (Å²) in [5.74, 6) is 1.12. The van der Waals surface area contributed by atoms with Gasteiger partial charge in [-0.15, -0.1) is 0 Å². The average Bonchev–Trinajstić information content (AvgIpc) is 3.00. The first kappa shape index (κ1) is 17.7. The molecule has 0 unspecified atom stereocenters. The van der Waals surface area contributed by atoms with Crippen LogP contribution in [0.4, 0.5) is 10.6 Å². The third kappa shape index (κ3) is 3.61. The van der Waals surface area contributed by atoms with Crippen LogP contribution in [0.5, 0.6) is 5.75 Å². The van der Waals surface area contributed by atoms with E-state index in [4.69, 9.17) is 9.47 Å². The molecule has 0 aliphatic heterocycles. The molecular formula is C19H22N4O3. The van der Waals surface area contributed by atoms with Gasteiger partial charge in [0, 0.05) is 5.56 Å². The van der Waals surface area contributed by atoms with Crippen molar-refractivity contribution in [2.75, 3.05) is 11.9 Å². The maximum atomic E-state index is 11.7. The Kier molecular flexibility index (Phi) is 5.36. The lowest BCUT2D eigenvalue weighted by atomic mass is 10.1. The number of aromatic nitrogens is 3. The molecule has 0 aliphatic carbocycles. The van der Waals surface area contributed by atoms with E-state index >= 15 is 0 Å². The number of benzene rings is 1. The summed E-state index contributed by atoms with van der Waals surface area (Å²) in [6, 6.07) is 10.2. The third-order valence-corrected chi connectivity index (χ3v) is 4.10. The predicted molar refractivity (Wildman–Crippen MR) is 98.5 cm³/mol. The Balaban J connectivity index is 1.96. The molecule has 1 N–H and O–H groups in total. The molecule has 0 spiro atoms. The van der Waals surface area contributed by atoms with Gasteiger partial charge in [0.1, 0.15) is 11.8 Å². The molecule has 0 bridgehead atoms. The second-order valence-corrected chi connectivity index (χ2v) is 5.79. The second-order valence-electron chi connectivity index (χ2n) is 5.79. The summed E-state index contributed by atoms with van der Waals surface area (Å²) in [6.45, 7) is 6.05. The number of carbonyl (C=O) groups is 1. The molecule has 0 saturated heterocycles. The molecule has 2 aromatic heterocycles. The van der Waals surface area contributed by atoms with Gasteiger partial charge in [-0.05, 0) is 25.8 Å². The van der Waals surface area contributed by atoms with Crippen molar-refractivity contribution < 1.29 is 14.3 Å². The van der Waals surface area contributed by atoms with E-state index in [1.807, 2.05) is 25.1 Å². The van der Waals surface area contributed by atoms with E-state index in [0.29, 0.717) is 18.0 Å². The number of ether oxygens (including phenoxy) is 2. The standard InChI is InChI=1S/C19H22N4O3/c1-4-15-16(26-19(24)25-5-2)11-23-17(15)18(20-12-21-23)22-13(3)14-9-7-6-8-10-14/h6-13H,4-5H2,1-3H3,(H,20,21,22)/t13-/m0/s1. The van der Waals surface area contributed by atoms with Crippen LogP contribution in [0.1, 0.15) is 37.9 Å². The van der Waals surface area contributed by atoms with Crippen LogP contribution in [0, 0.1) is 0 Å². The fourth-order valence-electron chi connectivity index (χ4n) is 2.85. The van der Waals surface area contributed by atoms with Crippen molar-refractivity contribution in [2.24, 2.45) is 0 Å². The van der Waals surface area contributed by atoms with Crippen LogP contribution in [0.3, 0.4) is 0 Å². The molecular weight excluding hydrogens is 332 g/mol. The van der Waals surface area contributed by atoms with Crippen LogP contribution < -0.4 is 10.1 Å². The number of hydrogen-bond donors (Lipinski definition) is 1. The van der Waals surface area contributed by atoms with Crippen LogP contribution in [0.25, 0.3) is 5.52 Å². The smallest absolute Gasteiger partial charge is 0.434 e. The van der Waals surface area contributed by atoms with Gasteiger partial charge in [0.05, 0.1) is 18.8 Å². The number of rotatable bonds is 6.